The molecule has 176 valence electrons. The van der Waals surface area contributed by atoms with Crippen LogP contribution in [0.2, 0.25) is 0 Å². The Morgan fingerprint density at radius 3 is 2.40 bits per heavy atom. The Balaban J connectivity index is 1.35. The molecule has 2 aromatic heterocycles. The Hall–Kier alpha value is -3.91. The second kappa shape index (κ2) is 10.1. The molecule has 1 N–H and O–H groups in total. The first-order chi connectivity index (χ1) is 17.2. The van der Waals surface area contributed by atoms with Crippen LogP contribution >= 0.6 is 11.8 Å². The number of carbonyl (C=O) groups excluding carboxylic acids is 1. The highest BCUT2D eigenvalue weighted by Crippen LogP contribution is 2.23. The largest absolute Gasteiger partial charge is 0.325 e. The molecule has 0 aliphatic carbocycles. The lowest BCUT2D eigenvalue weighted by Crippen LogP contribution is -2.23. The Morgan fingerprint density at radius 2 is 1.63 bits per heavy atom. The van der Waals surface area contributed by atoms with E-state index >= 15 is 0 Å². The zero-order chi connectivity index (χ0) is 24.2. The quantitative estimate of drug-likeness (QED) is 0.305. The summed E-state index contributed by atoms with van der Waals surface area (Å²) < 4.78 is 3.55. The third-order valence-corrected chi connectivity index (χ3v) is 6.75. The predicted molar refractivity (Wildman–Crippen MR) is 141 cm³/mol. The summed E-state index contributed by atoms with van der Waals surface area (Å²) in [6.45, 7) is 2.66. The summed E-state index contributed by atoms with van der Waals surface area (Å²) in [5.41, 5.74) is 3.63. The van der Waals surface area contributed by atoms with Crippen LogP contribution in [0.15, 0.2) is 88.8 Å². The van der Waals surface area contributed by atoms with Gasteiger partial charge in [-0.15, -0.1) is 10.2 Å². The lowest BCUT2D eigenvalue weighted by atomic mass is 10.1. The number of nitrogens with zero attached hydrogens (tertiary/aromatic N) is 4. The summed E-state index contributed by atoms with van der Waals surface area (Å²) in [6, 6.07) is 25.3. The van der Waals surface area contributed by atoms with Crippen molar-refractivity contribution in [2.45, 2.75) is 31.5 Å². The summed E-state index contributed by atoms with van der Waals surface area (Å²) in [5, 5.41) is 12.8. The van der Waals surface area contributed by atoms with E-state index in [1.54, 1.807) is 4.57 Å². The van der Waals surface area contributed by atoms with Gasteiger partial charge in [-0.25, -0.2) is 0 Å². The fourth-order valence-electron chi connectivity index (χ4n) is 4.05. The number of fused-ring (bicyclic) bond motifs is 3. The number of rotatable bonds is 8. The molecule has 5 rings (SSSR count). The van der Waals surface area contributed by atoms with Crippen LogP contribution in [0.3, 0.4) is 0 Å². The molecule has 0 aliphatic rings. The summed E-state index contributed by atoms with van der Waals surface area (Å²) >= 11 is 1.30. The van der Waals surface area contributed by atoms with E-state index in [-0.39, 0.29) is 17.2 Å². The van der Waals surface area contributed by atoms with Crippen molar-refractivity contribution in [3.05, 3.63) is 89.2 Å². The van der Waals surface area contributed by atoms with Crippen molar-refractivity contribution in [3.8, 4) is 11.1 Å². The molecule has 35 heavy (non-hydrogen) atoms. The van der Waals surface area contributed by atoms with Crippen LogP contribution in [-0.2, 0) is 11.3 Å². The van der Waals surface area contributed by atoms with Crippen molar-refractivity contribution in [2.24, 2.45) is 0 Å². The second-order valence-electron chi connectivity index (χ2n) is 8.23. The van der Waals surface area contributed by atoms with E-state index in [2.05, 4.69) is 34.6 Å². The van der Waals surface area contributed by atoms with Crippen LogP contribution in [0, 0.1) is 0 Å². The minimum absolute atomic E-state index is 0.0674. The normalized spacial score (nSPS) is 11.2. The topological polar surface area (TPSA) is 81.3 Å². The molecule has 3 aromatic carbocycles. The van der Waals surface area contributed by atoms with E-state index in [1.807, 2.05) is 71.1 Å². The molecule has 0 unspecified atom stereocenters. The molecule has 0 radical (unpaired) electrons. The molecule has 0 atom stereocenters. The molecule has 0 saturated carbocycles. The third kappa shape index (κ3) is 4.70. The maximum atomic E-state index is 13.1. The van der Waals surface area contributed by atoms with E-state index in [0.29, 0.717) is 22.9 Å². The molecule has 0 spiro atoms. The van der Waals surface area contributed by atoms with Crippen LogP contribution in [0.1, 0.15) is 19.8 Å². The maximum Gasteiger partial charge on any atom is 0.262 e. The molecular formula is C27H25N5O2S. The molecule has 2 heterocycles. The summed E-state index contributed by atoms with van der Waals surface area (Å²) in [5.74, 6) is 0.535. The third-order valence-electron chi connectivity index (χ3n) is 5.82. The van der Waals surface area contributed by atoms with Gasteiger partial charge >= 0.3 is 0 Å². The maximum absolute atomic E-state index is 13.1. The average Bonchev–Trinajstić information content (AvgIpc) is 3.32. The molecule has 1 amide bonds. The van der Waals surface area contributed by atoms with Gasteiger partial charge in [0.15, 0.2) is 5.16 Å². The SMILES string of the molecule is CCCCn1c(=O)c2ccccc2n2c(SCC(=O)Nc3ccc(-c4ccccc4)cc3)nnc12. The monoisotopic (exact) mass is 483 g/mol. The molecular weight excluding hydrogens is 458 g/mol. The highest BCUT2D eigenvalue weighted by molar-refractivity contribution is 7.99. The van der Waals surface area contributed by atoms with E-state index in [9.17, 15) is 9.59 Å². The second-order valence-corrected chi connectivity index (χ2v) is 9.17. The van der Waals surface area contributed by atoms with Gasteiger partial charge in [-0.2, -0.15) is 0 Å². The zero-order valence-corrected chi connectivity index (χ0v) is 20.2. The Morgan fingerprint density at radius 1 is 0.914 bits per heavy atom. The number of anilines is 1. The number of para-hydroxylation sites is 1. The molecule has 5 aromatic rings. The standard InChI is InChI=1S/C27H25N5O2S/c1-2-3-17-31-25(34)22-11-7-8-12-23(22)32-26(31)29-30-27(32)35-18-24(33)28-21-15-13-20(14-16-21)19-9-5-4-6-10-19/h4-16H,2-3,17-18H2,1H3,(H,28,33). The molecule has 0 aliphatic heterocycles. The van der Waals surface area contributed by atoms with Crippen molar-refractivity contribution in [3.63, 3.8) is 0 Å². The molecule has 0 fully saturated rings. The van der Waals surface area contributed by atoms with Crippen molar-refractivity contribution in [2.75, 3.05) is 11.1 Å². The Kier molecular flexibility index (Phi) is 6.63. The fourth-order valence-corrected chi connectivity index (χ4v) is 4.79. The number of aromatic nitrogens is 4. The number of amides is 1. The Labute approximate surface area is 206 Å². The van der Waals surface area contributed by atoms with E-state index < -0.39 is 0 Å². The molecule has 7 nitrogen and oxygen atoms in total. The van der Waals surface area contributed by atoms with Gasteiger partial charge < -0.3 is 5.32 Å². The van der Waals surface area contributed by atoms with Gasteiger partial charge in [0, 0.05) is 12.2 Å². The smallest absolute Gasteiger partial charge is 0.262 e. The molecule has 0 saturated heterocycles. The number of thioether (sulfide) groups is 1. The van der Waals surface area contributed by atoms with Crippen LogP contribution < -0.4 is 10.9 Å². The van der Waals surface area contributed by atoms with E-state index in [0.717, 1.165) is 35.2 Å². The number of carbonyl (C=O) groups is 1. The lowest BCUT2D eigenvalue weighted by Gasteiger charge is -2.11. The summed E-state index contributed by atoms with van der Waals surface area (Å²) in [6.07, 6.45) is 1.84. The van der Waals surface area contributed by atoms with Crippen molar-refractivity contribution >= 4 is 40.0 Å². The van der Waals surface area contributed by atoms with Crippen LogP contribution in [-0.4, -0.2) is 30.8 Å². The number of hydrogen-bond acceptors (Lipinski definition) is 5. The van der Waals surface area contributed by atoms with Gasteiger partial charge in [0.25, 0.3) is 5.56 Å². The first-order valence-electron chi connectivity index (χ1n) is 11.6. The van der Waals surface area contributed by atoms with Gasteiger partial charge in [0.1, 0.15) is 0 Å². The number of aryl methyl sites for hydroxylation is 1. The van der Waals surface area contributed by atoms with E-state index in [4.69, 9.17) is 0 Å². The summed E-state index contributed by atoms with van der Waals surface area (Å²) in [7, 11) is 0. The average molecular weight is 484 g/mol. The van der Waals surface area contributed by atoms with Crippen molar-refractivity contribution < 1.29 is 4.79 Å². The zero-order valence-electron chi connectivity index (χ0n) is 19.3. The molecule has 0 bridgehead atoms. The van der Waals surface area contributed by atoms with Crippen LogP contribution in [0.4, 0.5) is 5.69 Å². The molecule has 8 heteroatoms. The first-order valence-corrected chi connectivity index (χ1v) is 12.6. The number of unbranched alkanes of at least 4 members (excludes halogenated alkanes) is 1. The van der Waals surface area contributed by atoms with E-state index in [1.165, 1.54) is 11.8 Å². The van der Waals surface area contributed by atoms with Crippen LogP contribution in [0.5, 0.6) is 0 Å². The van der Waals surface area contributed by atoms with Gasteiger partial charge in [0.05, 0.1) is 16.7 Å². The van der Waals surface area contributed by atoms with Crippen molar-refractivity contribution in [1.29, 1.82) is 0 Å². The minimum atomic E-state index is -0.136. The fraction of sp³-hybridized carbons (Fsp3) is 0.185. The van der Waals surface area contributed by atoms with Crippen molar-refractivity contribution in [1.82, 2.24) is 19.2 Å². The van der Waals surface area contributed by atoms with Gasteiger partial charge in [0.2, 0.25) is 11.7 Å². The highest BCUT2D eigenvalue weighted by Gasteiger charge is 2.17. The van der Waals surface area contributed by atoms with Gasteiger partial charge in [-0.05, 0) is 41.8 Å². The summed E-state index contributed by atoms with van der Waals surface area (Å²) in [4.78, 5) is 25.7. The minimum Gasteiger partial charge on any atom is -0.325 e. The lowest BCUT2D eigenvalue weighted by molar-refractivity contribution is -0.113. The number of hydrogen-bond donors (Lipinski definition) is 1. The Bertz CT molecular complexity index is 1540. The van der Waals surface area contributed by atoms with Gasteiger partial charge in [-0.3, -0.25) is 18.6 Å². The number of benzene rings is 3. The number of nitrogens with one attached hydrogen (secondary N) is 1. The van der Waals surface area contributed by atoms with Crippen LogP contribution in [0.25, 0.3) is 27.8 Å². The predicted octanol–water partition coefficient (Wildman–Crippen LogP) is 5.24. The highest BCUT2D eigenvalue weighted by atomic mass is 32.2. The van der Waals surface area contributed by atoms with Gasteiger partial charge in [-0.1, -0.05) is 79.7 Å². The first kappa shape index (κ1) is 22.9.